The fourth-order valence-corrected chi connectivity index (χ4v) is 4.51. The number of aromatic amines is 1. The van der Waals surface area contributed by atoms with Gasteiger partial charge in [-0.3, -0.25) is 9.59 Å². The largest absolute Gasteiger partial charge is 0.361 e. The van der Waals surface area contributed by atoms with Crippen molar-refractivity contribution < 1.29 is 14.0 Å². The van der Waals surface area contributed by atoms with Crippen LogP contribution in [-0.2, 0) is 9.59 Å². The summed E-state index contributed by atoms with van der Waals surface area (Å²) in [5.74, 6) is -0.511. The van der Waals surface area contributed by atoms with Gasteiger partial charge in [0, 0.05) is 42.7 Å². The van der Waals surface area contributed by atoms with E-state index in [0.717, 1.165) is 34.9 Å². The normalized spacial score (nSPS) is 15.8. The number of amides is 2. The molecule has 0 radical (unpaired) electrons. The molecule has 0 bridgehead atoms. The van der Waals surface area contributed by atoms with Crippen LogP contribution in [0.1, 0.15) is 49.7 Å². The number of benzene rings is 2. The van der Waals surface area contributed by atoms with Crippen LogP contribution < -0.4 is 5.32 Å². The molecule has 0 aliphatic carbocycles. The number of halogens is 1. The summed E-state index contributed by atoms with van der Waals surface area (Å²) in [5.41, 5.74) is 3.01. The average Bonchev–Trinajstić information content (AvgIpc) is 3.23. The van der Waals surface area contributed by atoms with Crippen molar-refractivity contribution in [3.8, 4) is 0 Å². The number of likely N-dealkylation sites (tertiary alicyclic amines) is 1. The molecule has 1 aromatic heterocycles. The molecule has 2 amide bonds. The Balaban J connectivity index is 1.51. The minimum atomic E-state index is -0.448. The number of piperidine rings is 1. The number of hydrogen-bond donors (Lipinski definition) is 2. The molecule has 0 saturated carbocycles. The Bertz CT molecular complexity index is 1080. The second kappa shape index (κ2) is 9.55. The number of rotatable bonds is 6. The zero-order valence-corrected chi connectivity index (χ0v) is 18.6. The molecule has 2 aromatic carbocycles. The molecule has 4 rings (SSSR count). The molecule has 0 spiro atoms. The van der Waals surface area contributed by atoms with Gasteiger partial charge in [-0.1, -0.05) is 44.2 Å². The predicted octanol–water partition coefficient (Wildman–Crippen LogP) is 4.57. The van der Waals surface area contributed by atoms with Crippen LogP contribution in [0.3, 0.4) is 0 Å². The van der Waals surface area contributed by atoms with Crippen molar-refractivity contribution in [2.75, 3.05) is 19.6 Å². The quantitative estimate of drug-likeness (QED) is 0.596. The Kier molecular flexibility index (Phi) is 6.58. The second-order valence-corrected chi connectivity index (χ2v) is 8.89. The van der Waals surface area contributed by atoms with Gasteiger partial charge in [0.15, 0.2) is 0 Å². The SMILES string of the molecule is CC(C)C(=O)NCC(C(=O)N1CCC(c2ccc(F)cc2)CC1)c1c[nH]c2ccccc12. The Morgan fingerprint density at radius 1 is 1.09 bits per heavy atom. The number of carbonyl (C=O) groups excluding carboxylic acids is 2. The molecular weight excluding hydrogens is 405 g/mol. The molecule has 3 aromatic rings. The highest BCUT2D eigenvalue weighted by Crippen LogP contribution is 2.32. The molecule has 5 nitrogen and oxygen atoms in total. The Morgan fingerprint density at radius 3 is 2.47 bits per heavy atom. The van der Waals surface area contributed by atoms with Crippen molar-refractivity contribution in [3.63, 3.8) is 0 Å². The minimum absolute atomic E-state index is 0.0383. The highest BCUT2D eigenvalue weighted by Gasteiger charge is 2.31. The number of hydrogen-bond acceptors (Lipinski definition) is 2. The number of carbonyl (C=O) groups is 2. The summed E-state index contributed by atoms with van der Waals surface area (Å²) >= 11 is 0. The summed E-state index contributed by atoms with van der Waals surface area (Å²) in [4.78, 5) is 31.0. The van der Waals surface area contributed by atoms with E-state index in [2.05, 4.69) is 10.3 Å². The van der Waals surface area contributed by atoms with Crippen LogP contribution in [0.5, 0.6) is 0 Å². The van der Waals surface area contributed by atoms with E-state index in [-0.39, 0.29) is 30.1 Å². The van der Waals surface area contributed by atoms with Crippen molar-refractivity contribution >= 4 is 22.7 Å². The van der Waals surface area contributed by atoms with Gasteiger partial charge in [0.1, 0.15) is 5.82 Å². The van der Waals surface area contributed by atoms with Crippen LogP contribution in [0.4, 0.5) is 4.39 Å². The van der Waals surface area contributed by atoms with E-state index in [0.29, 0.717) is 19.0 Å². The monoisotopic (exact) mass is 435 g/mol. The van der Waals surface area contributed by atoms with E-state index in [1.807, 2.05) is 61.3 Å². The first-order valence-electron chi connectivity index (χ1n) is 11.3. The van der Waals surface area contributed by atoms with Crippen LogP contribution >= 0.6 is 0 Å². The molecule has 1 unspecified atom stereocenters. The van der Waals surface area contributed by atoms with E-state index in [9.17, 15) is 14.0 Å². The zero-order valence-electron chi connectivity index (χ0n) is 18.6. The number of aromatic nitrogens is 1. The fraction of sp³-hybridized carbons (Fsp3) is 0.385. The van der Waals surface area contributed by atoms with Crippen LogP contribution in [0.15, 0.2) is 54.7 Å². The average molecular weight is 436 g/mol. The van der Waals surface area contributed by atoms with E-state index < -0.39 is 5.92 Å². The van der Waals surface area contributed by atoms with Gasteiger partial charge in [0.2, 0.25) is 11.8 Å². The van der Waals surface area contributed by atoms with Gasteiger partial charge in [-0.05, 0) is 48.1 Å². The van der Waals surface area contributed by atoms with E-state index in [1.165, 1.54) is 12.1 Å². The lowest BCUT2D eigenvalue weighted by atomic mass is 9.88. The molecule has 1 fully saturated rings. The third-order valence-corrected chi connectivity index (χ3v) is 6.45. The molecular formula is C26H30FN3O2. The van der Waals surface area contributed by atoms with Gasteiger partial charge >= 0.3 is 0 Å². The smallest absolute Gasteiger partial charge is 0.231 e. The maximum atomic E-state index is 13.6. The van der Waals surface area contributed by atoms with Gasteiger partial charge in [0.25, 0.3) is 0 Å². The van der Waals surface area contributed by atoms with Crippen molar-refractivity contribution in [2.24, 2.45) is 5.92 Å². The maximum absolute atomic E-state index is 13.6. The first-order chi connectivity index (χ1) is 15.4. The van der Waals surface area contributed by atoms with E-state index in [1.54, 1.807) is 0 Å². The third-order valence-electron chi connectivity index (χ3n) is 6.45. The van der Waals surface area contributed by atoms with Crippen LogP contribution in [-0.4, -0.2) is 41.3 Å². The summed E-state index contributed by atoms with van der Waals surface area (Å²) in [5, 5.41) is 3.96. The van der Waals surface area contributed by atoms with E-state index in [4.69, 9.17) is 0 Å². The highest BCUT2D eigenvalue weighted by atomic mass is 19.1. The molecule has 1 atom stereocenters. The van der Waals surface area contributed by atoms with Crippen molar-refractivity contribution in [1.82, 2.24) is 15.2 Å². The summed E-state index contributed by atoms with van der Waals surface area (Å²) in [7, 11) is 0. The molecule has 6 heteroatoms. The number of nitrogens with zero attached hydrogens (tertiary/aromatic N) is 1. The molecule has 1 aliphatic heterocycles. The van der Waals surface area contributed by atoms with Crippen molar-refractivity contribution in [3.05, 3.63) is 71.7 Å². The fourth-order valence-electron chi connectivity index (χ4n) is 4.51. The molecule has 32 heavy (non-hydrogen) atoms. The number of nitrogens with one attached hydrogen (secondary N) is 2. The first kappa shape index (κ1) is 22.1. The standard InChI is InChI=1S/C26H30FN3O2/c1-17(2)25(31)29-16-23(22-15-28-24-6-4-3-5-21(22)24)26(32)30-13-11-19(12-14-30)18-7-9-20(27)10-8-18/h3-10,15,17,19,23,28H,11-14,16H2,1-2H3,(H,29,31). The Hall–Kier alpha value is -3.15. The summed E-state index contributed by atoms with van der Waals surface area (Å²) in [6.07, 6.45) is 3.58. The lowest BCUT2D eigenvalue weighted by molar-refractivity contribution is -0.134. The molecule has 1 aliphatic rings. The van der Waals surface area contributed by atoms with Crippen LogP contribution in [0.2, 0.25) is 0 Å². The molecule has 2 N–H and O–H groups in total. The first-order valence-corrected chi connectivity index (χ1v) is 11.3. The lowest BCUT2D eigenvalue weighted by Crippen LogP contribution is -2.44. The topological polar surface area (TPSA) is 65.2 Å². The van der Waals surface area contributed by atoms with Gasteiger partial charge in [-0.2, -0.15) is 0 Å². The number of fused-ring (bicyclic) bond motifs is 1. The zero-order chi connectivity index (χ0) is 22.7. The second-order valence-electron chi connectivity index (χ2n) is 8.89. The van der Waals surface area contributed by atoms with Crippen LogP contribution in [0.25, 0.3) is 10.9 Å². The predicted molar refractivity (Wildman–Crippen MR) is 124 cm³/mol. The number of H-pyrrole nitrogens is 1. The van der Waals surface area contributed by atoms with Gasteiger partial charge < -0.3 is 15.2 Å². The summed E-state index contributed by atoms with van der Waals surface area (Å²) in [6.45, 7) is 5.27. The van der Waals surface area contributed by atoms with Crippen molar-refractivity contribution in [1.29, 1.82) is 0 Å². The minimum Gasteiger partial charge on any atom is -0.361 e. The summed E-state index contributed by atoms with van der Waals surface area (Å²) in [6, 6.07) is 14.6. The van der Waals surface area contributed by atoms with E-state index >= 15 is 0 Å². The summed E-state index contributed by atoms with van der Waals surface area (Å²) < 4.78 is 13.3. The lowest BCUT2D eigenvalue weighted by Gasteiger charge is -2.34. The highest BCUT2D eigenvalue weighted by molar-refractivity contribution is 5.92. The van der Waals surface area contributed by atoms with Gasteiger partial charge in [-0.15, -0.1) is 0 Å². The molecule has 2 heterocycles. The molecule has 1 saturated heterocycles. The molecule has 168 valence electrons. The van der Waals surface area contributed by atoms with Crippen molar-refractivity contribution in [2.45, 2.75) is 38.5 Å². The Labute approximate surface area is 188 Å². The third kappa shape index (κ3) is 4.69. The van der Waals surface area contributed by atoms with Crippen LogP contribution in [0, 0.1) is 11.7 Å². The Morgan fingerprint density at radius 2 is 1.78 bits per heavy atom. The maximum Gasteiger partial charge on any atom is 0.231 e. The van der Waals surface area contributed by atoms with Gasteiger partial charge in [0.05, 0.1) is 5.92 Å². The van der Waals surface area contributed by atoms with Gasteiger partial charge in [-0.25, -0.2) is 4.39 Å². The number of para-hydroxylation sites is 1.